The van der Waals surface area contributed by atoms with Gasteiger partial charge in [-0.25, -0.2) is 0 Å². The predicted octanol–water partition coefficient (Wildman–Crippen LogP) is 3.22. The van der Waals surface area contributed by atoms with Crippen molar-refractivity contribution < 1.29 is 20.4 Å². The van der Waals surface area contributed by atoms with Gasteiger partial charge in [0.1, 0.15) is 6.02 Å². The predicted molar refractivity (Wildman–Crippen MR) is 123 cm³/mol. The average Bonchev–Trinajstić information content (AvgIpc) is 3.35. The Morgan fingerprint density at radius 3 is 2.64 bits per heavy atom. The van der Waals surface area contributed by atoms with E-state index in [2.05, 4.69) is 39.8 Å². The fourth-order valence-electron chi connectivity index (χ4n) is 5.25. The van der Waals surface area contributed by atoms with Crippen LogP contribution in [0.4, 0.5) is 0 Å². The Labute approximate surface area is 198 Å². The summed E-state index contributed by atoms with van der Waals surface area (Å²) in [5.41, 5.74) is 0. The van der Waals surface area contributed by atoms with Crippen LogP contribution in [0.2, 0.25) is 0 Å². The molecule has 9 nitrogen and oxygen atoms in total. The first-order valence-corrected chi connectivity index (χ1v) is 12.8. The molecule has 0 amide bonds. The van der Waals surface area contributed by atoms with Crippen LogP contribution >= 0.6 is 0 Å². The fourth-order valence-corrected chi connectivity index (χ4v) is 5.25. The molecule has 0 spiro atoms. The number of tetrazole rings is 1. The summed E-state index contributed by atoms with van der Waals surface area (Å²) < 4.78 is 19.5. The average molecular weight is 465 g/mol. The minimum absolute atomic E-state index is 0.0417. The zero-order valence-electron chi connectivity index (χ0n) is 21.2. The number of ether oxygens (including phenoxy) is 2. The van der Waals surface area contributed by atoms with Crippen LogP contribution in [0.15, 0.2) is 0 Å². The van der Waals surface area contributed by atoms with Gasteiger partial charge in [-0.2, -0.15) is 5.21 Å². The SMILES string of the molecule is [2H][C@@]1(C(=O)OCCCOC(=O)C(CCC)CCC)C[C@H]2C[C@@H](CCc3nn[nH]n3)CC[C@H]2CN1. The van der Waals surface area contributed by atoms with Gasteiger partial charge in [-0.1, -0.05) is 38.3 Å². The van der Waals surface area contributed by atoms with E-state index in [0.29, 0.717) is 37.1 Å². The highest BCUT2D eigenvalue weighted by Gasteiger charge is 2.38. The lowest BCUT2D eigenvalue weighted by Crippen LogP contribution is -2.50. The molecule has 33 heavy (non-hydrogen) atoms. The maximum absolute atomic E-state index is 12.7. The number of carbonyl (C=O) groups excluding carboxylic acids is 2. The van der Waals surface area contributed by atoms with Gasteiger partial charge in [-0.15, -0.1) is 10.2 Å². The lowest BCUT2D eigenvalue weighted by molar-refractivity contribution is -0.151. The van der Waals surface area contributed by atoms with E-state index in [-0.39, 0.29) is 25.1 Å². The number of piperidine rings is 1. The van der Waals surface area contributed by atoms with Crippen molar-refractivity contribution in [3.8, 4) is 0 Å². The second-order valence-electron chi connectivity index (χ2n) is 9.56. The van der Waals surface area contributed by atoms with Crippen molar-refractivity contribution in [3.05, 3.63) is 5.82 Å². The van der Waals surface area contributed by atoms with Crippen molar-refractivity contribution in [3.63, 3.8) is 0 Å². The molecule has 1 saturated carbocycles. The van der Waals surface area contributed by atoms with Gasteiger partial charge in [0.25, 0.3) is 0 Å². The summed E-state index contributed by atoms with van der Waals surface area (Å²) in [6, 6.07) is -1.40. The van der Waals surface area contributed by atoms with Crippen LogP contribution in [-0.2, 0) is 25.5 Å². The van der Waals surface area contributed by atoms with E-state index in [1.54, 1.807) is 0 Å². The van der Waals surface area contributed by atoms with Crippen molar-refractivity contribution in [1.29, 1.82) is 0 Å². The van der Waals surface area contributed by atoms with E-state index in [1.807, 2.05) is 0 Å². The third-order valence-electron chi connectivity index (χ3n) is 7.08. The van der Waals surface area contributed by atoms with Crippen LogP contribution in [0.1, 0.15) is 85.3 Å². The van der Waals surface area contributed by atoms with Gasteiger partial charge < -0.3 is 14.8 Å². The molecule has 0 radical (unpaired) electrons. The highest BCUT2D eigenvalue weighted by molar-refractivity contribution is 5.76. The second-order valence-corrected chi connectivity index (χ2v) is 9.56. The van der Waals surface area contributed by atoms with Gasteiger partial charge in [-0.05, 0) is 62.8 Å². The van der Waals surface area contributed by atoms with Crippen LogP contribution in [0.5, 0.6) is 0 Å². The molecule has 2 aliphatic rings. The Hall–Kier alpha value is -2.03. The Morgan fingerprint density at radius 1 is 1.12 bits per heavy atom. The number of carbonyl (C=O) groups is 2. The van der Waals surface area contributed by atoms with Gasteiger partial charge in [0.05, 0.1) is 20.5 Å². The van der Waals surface area contributed by atoms with E-state index in [0.717, 1.165) is 63.6 Å². The molecule has 2 N–H and O–H groups in total. The van der Waals surface area contributed by atoms with Gasteiger partial charge in [-0.3, -0.25) is 9.59 Å². The molecule has 2 heterocycles. The standard InChI is InChI=1S/C24H41N5O4/c1-3-6-18(7-4-2)23(30)32-12-5-13-33-24(31)21-15-20-14-17(8-10-19(20)16-25-21)9-11-22-26-28-29-27-22/h17-21,25H,3-16H2,1-2H3,(H,26,27,28,29)/t17-,19+,20-,21+/m1/s1/i21D. The summed E-state index contributed by atoms with van der Waals surface area (Å²) in [6.07, 6.45) is 9.61. The Morgan fingerprint density at radius 2 is 1.91 bits per heavy atom. The zero-order chi connectivity index (χ0) is 24.4. The minimum atomic E-state index is -1.40. The number of nitrogens with one attached hydrogen (secondary N) is 2. The lowest BCUT2D eigenvalue weighted by atomic mass is 9.69. The van der Waals surface area contributed by atoms with Gasteiger partial charge >= 0.3 is 11.9 Å². The normalized spacial score (nSPS) is 27.6. The fraction of sp³-hybridized carbons (Fsp3) is 0.875. The highest BCUT2D eigenvalue weighted by atomic mass is 16.5. The number of fused-ring (bicyclic) bond motifs is 1. The van der Waals surface area contributed by atoms with Gasteiger partial charge in [0, 0.05) is 12.8 Å². The number of H-pyrrole nitrogens is 1. The van der Waals surface area contributed by atoms with Gasteiger partial charge in [0.2, 0.25) is 0 Å². The van der Waals surface area contributed by atoms with E-state index in [4.69, 9.17) is 10.8 Å². The molecule has 0 unspecified atom stereocenters. The zero-order valence-corrected chi connectivity index (χ0v) is 20.2. The lowest BCUT2D eigenvalue weighted by Gasteiger charge is -2.42. The molecule has 9 heteroatoms. The summed E-state index contributed by atoms with van der Waals surface area (Å²) in [6.45, 7) is 5.20. The quantitative estimate of drug-likeness (QED) is 0.337. The largest absolute Gasteiger partial charge is 0.465 e. The van der Waals surface area contributed by atoms with Crippen LogP contribution in [0, 0.1) is 23.7 Å². The first-order valence-electron chi connectivity index (χ1n) is 13.3. The minimum Gasteiger partial charge on any atom is -0.465 e. The number of aromatic amines is 1. The molecule has 2 fully saturated rings. The molecule has 0 bridgehead atoms. The topological polar surface area (TPSA) is 119 Å². The first-order chi connectivity index (χ1) is 16.4. The molecule has 3 rings (SSSR count). The van der Waals surface area contributed by atoms with Crippen LogP contribution in [0.3, 0.4) is 0 Å². The summed E-state index contributed by atoms with van der Waals surface area (Å²) in [5.74, 6) is 1.41. The van der Waals surface area contributed by atoms with Crippen LogP contribution in [0.25, 0.3) is 0 Å². The smallest absolute Gasteiger partial charge is 0.323 e. The number of hydrogen-bond acceptors (Lipinski definition) is 8. The summed E-state index contributed by atoms with van der Waals surface area (Å²) >= 11 is 0. The molecule has 186 valence electrons. The molecule has 0 aromatic carbocycles. The number of aryl methyl sites for hydroxylation is 1. The summed E-state index contributed by atoms with van der Waals surface area (Å²) in [7, 11) is 0. The Balaban J connectivity index is 1.37. The Kier molecular flexibility index (Phi) is 9.95. The summed E-state index contributed by atoms with van der Waals surface area (Å²) in [5, 5.41) is 17.3. The maximum atomic E-state index is 12.7. The first kappa shape index (κ1) is 24.1. The molecule has 1 aliphatic heterocycles. The molecule has 1 aliphatic carbocycles. The van der Waals surface area contributed by atoms with E-state index >= 15 is 0 Å². The molecule has 1 aromatic heterocycles. The maximum Gasteiger partial charge on any atom is 0.323 e. The number of rotatable bonds is 13. The second kappa shape index (κ2) is 13.6. The molecule has 1 aromatic rings. The number of esters is 2. The van der Waals surface area contributed by atoms with E-state index < -0.39 is 12.0 Å². The van der Waals surface area contributed by atoms with Crippen molar-refractivity contribution in [2.45, 2.75) is 90.5 Å². The van der Waals surface area contributed by atoms with Crippen molar-refractivity contribution in [1.82, 2.24) is 25.9 Å². The number of hydrogen-bond donors (Lipinski definition) is 2. The molecular formula is C24H41N5O4. The number of nitrogens with zero attached hydrogens (tertiary/aromatic N) is 3. The van der Waals surface area contributed by atoms with Crippen molar-refractivity contribution >= 4 is 11.9 Å². The van der Waals surface area contributed by atoms with E-state index in [9.17, 15) is 9.59 Å². The summed E-state index contributed by atoms with van der Waals surface area (Å²) in [4.78, 5) is 24.9. The monoisotopic (exact) mass is 464 g/mol. The van der Waals surface area contributed by atoms with Crippen LogP contribution in [-0.4, -0.2) is 58.3 Å². The van der Waals surface area contributed by atoms with E-state index in [1.165, 1.54) is 0 Å². The number of aromatic nitrogens is 4. The van der Waals surface area contributed by atoms with Crippen LogP contribution < -0.4 is 5.32 Å². The van der Waals surface area contributed by atoms with Crippen molar-refractivity contribution in [2.75, 3.05) is 19.8 Å². The highest BCUT2D eigenvalue weighted by Crippen LogP contribution is 2.40. The van der Waals surface area contributed by atoms with Crippen molar-refractivity contribution in [2.24, 2.45) is 23.7 Å². The molecule has 1 saturated heterocycles. The Bertz CT molecular complexity index is 759. The molecular weight excluding hydrogens is 422 g/mol. The molecule has 4 atom stereocenters. The third kappa shape index (κ3) is 8.05. The third-order valence-corrected chi connectivity index (χ3v) is 7.08. The van der Waals surface area contributed by atoms with Gasteiger partial charge in [0.15, 0.2) is 5.82 Å².